The Labute approximate surface area is 120 Å². The summed E-state index contributed by atoms with van der Waals surface area (Å²) >= 11 is 1.46. The lowest BCUT2D eigenvalue weighted by Gasteiger charge is -2.34. The van der Waals surface area contributed by atoms with E-state index in [-0.39, 0.29) is 17.9 Å². The zero-order valence-corrected chi connectivity index (χ0v) is 12.3. The van der Waals surface area contributed by atoms with Crippen LogP contribution in [0.4, 0.5) is 0 Å². The van der Waals surface area contributed by atoms with Crippen molar-refractivity contribution in [3.05, 3.63) is 28.0 Å². The molecule has 0 saturated carbocycles. The third-order valence-electron chi connectivity index (χ3n) is 3.18. The van der Waals surface area contributed by atoms with Crippen molar-refractivity contribution in [3.63, 3.8) is 0 Å². The Morgan fingerprint density at radius 2 is 2.10 bits per heavy atom. The van der Waals surface area contributed by atoms with Gasteiger partial charge < -0.3 is 4.74 Å². The summed E-state index contributed by atoms with van der Waals surface area (Å²) in [5.41, 5.74) is -0.209. The highest BCUT2D eigenvalue weighted by atomic mass is 32.1. The lowest BCUT2D eigenvalue weighted by Crippen LogP contribution is -2.47. The minimum Gasteiger partial charge on any atom is -0.373 e. The van der Waals surface area contributed by atoms with E-state index in [0.717, 1.165) is 18.1 Å². The Balaban J connectivity index is 1.77. The van der Waals surface area contributed by atoms with Gasteiger partial charge in [0, 0.05) is 13.1 Å². The van der Waals surface area contributed by atoms with Crippen molar-refractivity contribution in [2.75, 3.05) is 13.1 Å². The van der Waals surface area contributed by atoms with Crippen LogP contribution >= 0.6 is 11.3 Å². The molecule has 1 saturated heterocycles. The standard InChI is InChI=1S/C12H17N5O2S/c1-9-6-15(7-10(2)19-9)8-16-12(18)17(14-13-16)11-4-3-5-20-11/h3-5,9-10H,6-8H2,1-2H3/t9-,10-/m1/s1. The van der Waals surface area contributed by atoms with E-state index >= 15 is 0 Å². The van der Waals surface area contributed by atoms with Crippen molar-refractivity contribution in [1.29, 1.82) is 0 Å². The molecule has 2 atom stereocenters. The van der Waals surface area contributed by atoms with Crippen LogP contribution < -0.4 is 5.69 Å². The molecule has 3 rings (SSSR count). The number of thiophene rings is 1. The molecular weight excluding hydrogens is 278 g/mol. The van der Waals surface area contributed by atoms with Crippen LogP contribution in [0.3, 0.4) is 0 Å². The van der Waals surface area contributed by atoms with Gasteiger partial charge in [0.2, 0.25) is 0 Å². The molecule has 8 heteroatoms. The van der Waals surface area contributed by atoms with Gasteiger partial charge in [0.25, 0.3) is 0 Å². The topological polar surface area (TPSA) is 65.2 Å². The third kappa shape index (κ3) is 2.67. The van der Waals surface area contributed by atoms with Crippen LogP contribution in [0.25, 0.3) is 5.00 Å². The summed E-state index contributed by atoms with van der Waals surface area (Å²) in [5, 5.41) is 10.6. The summed E-state index contributed by atoms with van der Waals surface area (Å²) in [6, 6.07) is 3.74. The smallest absolute Gasteiger partial charge is 0.370 e. The van der Waals surface area contributed by atoms with Gasteiger partial charge in [-0.25, -0.2) is 4.79 Å². The van der Waals surface area contributed by atoms with E-state index in [2.05, 4.69) is 15.3 Å². The van der Waals surface area contributed by atoms with E-state index in [1.165, 1.54) is 20.7 Å². The predicted octanol–water partition coefficient (Wildman–Crippen LogP) is 0.557. The van der Waals surface area contributed by atoms with Crippen molar-refractivity contribution >= 4 is 11.3 Å². The molecule has 1 fully saturated rings. The average molecular weight is 295 g/mol. The van der Waals surface area contributed by atoms with Crippen molar-refractivity contribution in [2.24, 2.45) is 0 Å². The van der Waals surface area contributed by atoms with Crippen LogP contribution in [-0.2, 0) is 11.4 Å². The molecule has 0 spiro atoms. The average Bonchev–Trinajstić information content (AvgIpc) is 2.99. The van der Waals surface area contributed by atoms with Crippen LogP contribution in [0, 0.1) is 0 Å². The number of nitrogens with zero attached hydrogens (tertiary/aromatic N) is 5. The summed E-state index contributed by atoms with van der Waals surface area (Å²) in [6.07, 6.45) is 0.337. The molecular formula is C12H17N5O2S. The first kappa shape index (κ1) is 13.5. The second-order valence-electron chi connectivity index (χ2n) is 5.06. The van der Waals surface area contributed by atoms with E-state index in [9.17, 15) is 4.79 Å². The number of ether oxygens (including phenoxy) is 1. The van der Waals surface area contributed by atoms with Crippen LogP contribution in [0.5, 0.6) is 0 Å². The largest absolute Gasteiger partial charge is 0.373 e. The first-order chi connectivity index (χ1) is 9.63. The van der Waals surface area contributed by atoms with Crippen LogP contribution in [-0.4, -0.2) is 50.0 Å². The van der Waals surface area contributed by atoms with Gasteiger partial charge in [-0.2, -0.15) is 9.36 Å². The minimum atomic E-state index is -0.209. The molecule has 108 valence electrons. The summed E-state index contributed by atoms with van der Waals surface area (Å²) in [6.45, 7) is 6.11. The van der Waals surface area contributed by atoms with Gasteiger partial charge in [0.15, 0.2) is 0 Å². The quantitative estimate of drug-likeness (QED) is 0.828. The van der Waals surface area contributed by atoms with Gasteiger partial charge in [-0.1, -0.05) is 0 Å². The zero-order chi connectivity index (χ0) is 14.1. The number of hydrogen-bond acceptors (Lipinski definition) is 6. The molecule has 0 bridgehead atoms. The number of aromatic nitrogens is 4. The first-order valence-corrected chi connectivity index (χ1v) is 7.46. The maximum Gasteiger partial charge on any atom is 0.370 e. The fraction of sp³-hybridized carbons (Fsp3) is 0.583. The van der Waals surface area contributed by atoms with Gasteiger partial charge in [0.05, 0.1) is 12.2 Å². The van der Waals surface area contributed by atoms with Crippen LogP contribution in [0.15, 0.2) is 22.3 Å². The molecule has 7 nitrogen and oxygen atoms in total. The fourth-order valence-corrected chi connectivity index (χ4v) is 3.15. The van der Waals surface area contributed by atoms with Crippen LogP contribution in [0.1, 0.15) is 13.8 Å². The van der Waals surface area contributed by atoms with Gasteiger partial charge in [-0.3, -0.25) is 4.90 Å². The molecule has 3 heterocycles. The highest BCUT2D eigenvalue weighted by molar-refractivity contribution is 7.12. The molecule has 0 N–H and O–H groups in total. The molecule has 20 heavy (non-hydrogen) atoms. The third-order valence-corrected chi connectivity index (χ3v) is 4.03. The van der Waals surface area contributed by atoms with Gasteiger partial charge >= 0.3 is 5.69 Å². The lowest BCUT2D eigenvalue weighted by atomic mass is 10.2. The predicted molar refractivity (Wildman–Crippen MR) is 75.1 cm³/mol. The Morgan fingerprint density at radius 1 is 1.35 bits per heavy atom. The molecule has 1 aliphatic heterocycles. The second-order valence-corrected chi connectivity index (χ2v) is 5.98. The molecule has 0 radical (unpaired) electrons. The first-order valence-electron chi connectivity index (χ1n) is 6.58. The van der Waals surface area contributed by atoms with Crippen molar-refractivity contribution in [3.8, 4) is 5.00 Å². The summed E-state index contributed by atoms with van der Waals surface area (Å²) in [7, 11) is 0. The number of rotatable bonds is 3. The number of tetrazole rings is 1. The Morgan fingerprint density at radius 3 is 2.75 bits per heavy atom. The second kappa shape index (κ2) is 5.47. The maximum absolute atomic E-state index is 12.3. The Kier molecular flexibility index (Phi) is 3.68. The van der Waals surface area contributed by atoms with E-state index in [4.69, 9.17) is 4.74 Å². The molecule has 2 aromatic rings. The molecule has 2 aromatic heterocycles. The summed E-state index contributed by atoms with van der Waals surface area (Å²) in [4.78, 5) is 14.4. The van der Waals surface area contributed by atoms with Gasteiger partial charge in [0.1, 0.15) is 11.7 Å². The molecule has 0 amide bonds. The normalized spacial score (nSPS) is 24.1. The van der Waals surface area contributed by atoms with Crippen molar-refractivity contribution in [1.82, 2.24) is 24.7 Å². The molecule has 1 aliphatic rings. The highest BCUT2D eigenvalue weighted by Gasteiger charge is 2.23. The number of morpholine rings is 1. The van der Waals surface area contributed by atoms with Crippen LogP contribution in [0.2, 0.25) is 0 Å². The zero-order valence-electron chi connectivity index (χ0n) is 11.5. The molecule has 0 aromatic carbocycles. The van der Waals surface area contributed by atoms with E-state index < -0.39 is 0 Å². The van der Waals surface area contributed by atoms with Gasteiger partial charge in [-0.05, 0) is 41.8 Å². The van der Waals surface area contributed by atoms with E-state index in [1.807, 2.05) is 31.4 Å². The fourth-order valence-electron chi connectivity index (χ4n) is 2.48. The molecule has 0 aliphatic carbocycles. The monoisotopic (exact) mass is 295 g/mol. The lowest BCUT2D eigenvalue weighted by molar-refractivity contribution is -0.0779. The number of hydrogen-bond donors (Lipinski definition) is 0. The highest BCUT2D eigenvalue weighted by Crippen LogP contribution is 2.12. The van der Waals surface area contributed by atoms with Gasteiger partial charge in [-0.15, -0.1) is 11.3 Å². The van der Waals surface area contributed by atoms with Crippen molar-refractivity contribution < 1.29 is 4.74 Å². The SMILES string of the molecule is C[C@@H]1CN(Cn2nnn(-c3cccs3)c2=O)C[C@@H](C)O1. The minimum absolute atomic E-state index is 0.168. The van der Waals surface area contributed by atoms with Crippen molar-refractivity contribution in [2.45, 2.75) is 32.7 Å². The van der Waals surface area contributed by atoms with E-state index in [0.29, 0.717) is 6.67 Å². The maximum atomic E-state index is 12.3. The summed E-state index contributed by atoms with van der Waals surface area (Å²) in [5.74, 6) is 0. The molecule has 0 unspecified atom stereocenters. The van der Waals surface area contributed by atoms with E-state index in [1.54, 1.807) is 0 Å². The Hall–Kier alpha value is -1.51. The Bertz CT molecular complexity index is 610. The summed E-state index contributed by atoms with van der Waals surface area (Å²) < 4.78 is 8.40.